The van der Waals surface area contributed by atoms with Crippen LogP contribution in [0.15, 0.2) is 63.5 Å². The number of nitrogens with one attached hydrogen (secondary N) is 1. The van der Waals surface area contributed by atoms with Gasteiger partial charge in [-0.3, -0.25) is 4.79 Å². The lowest BCUT2D eigenvalue weighted by atomic mass is 10.0. The molecule has 0 fully saturated rings. The first-order valence-electron chi connectivity index (χ1n) is 10.7. The van der Waals surface area contributed by atoms with Gasteiger partial charge in [-0.15, -0.1) is 0 Å². The van der Waals surface area contributed by atoms with E-state index in [-0.39, 0.29) is 5.91 Å². The van der Waals surface area contributed by atoms with Crippen LogP contribution in [0.25, 0.3) is 22.6 Å². The molecule has 3 aromatic carbocycles. The van der Waals surface area contributed by atoms with Crippen molar-refractivity contribution in [2.45, 2.75) is 26.7 Å². The maximum Gasteiger partial charge on any atom is 0.255 e. The standard InChI is InChI=1S/C26H25BrN2O4/c1-5-32-22-9-7-17(12-19(22)27)25(30)28-20-14-18(8-10-23(20)31-4)26-29-21-13-16(15(2)3)6-11-24(21)33-26/h6-15H,5H2,1-4H3,(H,28,30). The van der Waals surface area contributed by atoms with Crippen molar-refractivity contribution in [1.82, 2.24) is 4.98 Å². The number of anilines is 1. The van der Waals surface area contributed by atoms with Crippen LogP contribution in [0.3, 0.4) is 0 Å². The number of rotatable bonds is 7. The topological polar surface area (TPSA) is 73.6 Å². The number of halogens is 1. The van der Waals surface area contributed by atoms with E-state index in [0.717, 1.165) is 16.7 Å². The average Bonchev–Trinajstić information content (AvgIpc) is 3.24. The molecule has 0 saturated heterocycles. The molecule has 4 rings (SSSR count). The van der Waals surface area contributed by atoms with Crippen LogP contribution in [0.1, 0.15) is 42.6 Å². The Balaban J connectivity index is 1.64. The molecule has 0 spiro atoms. The molecule has 1 heterocycles. The first-order valence-corrected chi connectivity index (χ1v) is 11.5. The van der Waals surface area contributed by atoms with Crippen LogP contribution in [0.5, 0.6) is 11.5 Å². The first-order chi connectivity index (χ1) is 15.9. The van der Waals surface area contributed by atoms with Crippen molar-refractivity contribution in [3.05, 3.63) is 70.2 Å². The van der Waals surface area contributed by atoms with Crippen molar-refractivity contribution in [2.24, 2.45) is 0 Å². The molecule has 4 aromatic rings. The van der Waals surface area contributed by atoms with Crippen LogP contribution in [0.4, 0.5) is 5.69 Å². The highest BCUT2D eigenvalue weighted by atomic mass is 79.9. The molecular weight excluding hydrogens is 484 g/mol. The second-order valence-corrected chi connectivity index (χ2v) is 8.70. The fourth-order valence-electron chi connectivity index (χ4n) is 3.47. The van der Waals surface area contributed by atoms with E-state index in [9.17, 15) is 4.79 Å². The Hall–Kier alpha value is -3.32. The van der Waals surface area contributed by atoms with Gasteiger partial charge in [0.1, 0.15) is 17.0 Å². The maximum atomic E-state index is 12.9. The number of nitrogens with zero attached hydrogens (tertiary/aromatic N) is 1. The van der Waals surface area contributed by atoms with E-state index in [1.165, 1.54) is 5.56 Å². The minimum atomic E-state index is -0.270. The Labute approximate surface area is 201 Å². The molecule has 0 saturated carbocycles. The minimum Gasteiger partial charge on any atom is -0.495 e. The monoisotopic (exact) mass is 508 g/mol. The normalized spacial score (nSPS) is 11.1. The van der Waals surface area contributed by atoms with Crippen LogP contribution < -0.4 is 14.8 Å². The summed E-state index contributed by atoms with van der Waals surface area (Å²) in [5.41, 5.74) is 4.47. The van der Waals surface area contributed by atoms with Gasteiger partial charge < -0.3 is 19.2 Å². The summed E-state index contributed by atoms with van der Waals surface area (Å²) in [4.78, 5) is 17.6. The van der Waals surface area contributed by atoms with Crippen molar-refractivity contribution < 1.29 is 18.7 Å². The number of oxazole rings is 1. The molecule has 1 amide bonds. The minimum absolute atomic E-state index is 0.270. The third-order valence-electron chi connectivity index (χ3n) is 5.27. The highest BCUT2D eigenvalue weighted by molar-refractivity contribution is 9.10. The summed E-state index contributed by atoms with van der Waals surface area (Å²) in [7, 11) is 1.56. The van der Waals surface area contributed by atoms with Gasteiger partial charge in [0.15, 0.2) is 5.58 Å². The second-order valence-electron chi connectivity index (χ2n) is 7.85. The first kappa shape index (κ1) is 22.9. The van der Waals surface area contributed by atoms with Crippen LogP contribution >= 0.6 is 15.9 Å². The zero-order chi connectivity index (χ0) is 23.5. The molecule has 170 valence electrons. The highest BCUT2D eigenvalue weighted by Crippen LogP contribution is 2.33. The van der Waals surface area contributed by atoms with E-state index in [1.54, 1.807) is 37.4 Å². The zero-order valence-electron chi connectivity index (χ0n) is 18.9. The Morgan fingerprint density at radius 1 is 1.09 bits per heavy atom. The van der Waals surface area contributed by atoms with Crippen molar-refractivity contribution in [2.75, 3.05) is 19.0 Å². The van der Waals surface area contributed by atoms with E-state index in [0.29, 0.717) is 45.6 Å². The molecular formula is C26H25BrN2O4. The van der Waals surface area contributed by atoms with E-state index < -0.39 is 0 Å². The van der Waals surface area contributed by atoms with Crippen molar-refractivity contribution in [3.63, 3.8) is 0 Å². The van der Waals surface area contributed by atoms with Crippen LogP contribution in [0, 0.1) is 0 Å². The maximum absolute atomic E-state index is 12.9. The van der Waals surface area contributed by atoms with Gasteiger partial charge in [0.05, 0.1) is 23.9 Å². The quantitative estimate of drug-likeness (QED) is 0.289. The molecule has 33 heavy (non-hydrogen) atoms. The number of carbonyl (C=O) groups is 1. The largest absolute Gasteiger partial charge is 0.495 e. The van der Waals surface area contributed by atoms with Crippen molar-refractivity contribution >= 4 is 38.6 Å². The molecule has 1 aromatic heterocycles. The third-order valence-corrected chi connectivity index (χ3v) is 5.89. The number of fused-ring (bicyclic) bond motifs is 1. The number of methoxy groups -OCH3 is 1. The molecule has 0 bridgehead atoms. The lowest BCUT2D eigenvalue weighted by Gasteiger charge is -2.12. The fourth-order valence-corrected chi connectivity index (χ4v) is 3.97. The summed E-state index contributed by atoms with van der Waals surface area (Å²) in [5.74, 6) is 1.83. The predicted octanol–water partition coefficient (Wildman–Crippen LogP) is 7.04. The van der Waals surface area contributed by atoms with Gasteiger partial charge in [-0.05, 0) is 82.9 Å². The molecule has 6 nitrogen and oxygen atoms in total. The molecule has 1 N–H and O–H groups in total. The molecule has 0 unspecified atom stereocenters. The van der Waals surface area contributed by atoms with Gasteiger partial charge in [-0.25, -0.2) is 4.98 Å². The predicted molar refractivity (Wildman–Crippen MR) is 133 cm³/mol. The van der Waals surface area contributed by atoms with Crippen molar-refractivity contribution in [1.29, 1.82) is 0 Å². The van der Waals surface area contributed by atoms with Crippen LogP contribution in [-0.4, -0.2) is 24.6 Å². The lowest BCUT2D eigenvalue weighted by Crippen LogP contribution is -2.13. The summed E-state index contributed by atoms with van der Waals surface area (Å²) < 4.78 is 17.7. The average molecular weight is 509 g/mol. The summed E-state index contributed by atoms with van der Waals surface area (Å²) in [6, 6.07) is 16.7. The summed E-state index contributed by atoms with van der Waals surface area (Å²) >= 11 is 3.45. The van der Waals surface area contributed by atoms with E-state index in [2.05, 4.69) is 46.1 Å². The Morgan fingerprint density at radius 3 is 2.58 bits per heavy atom. The highest BCUT2D eigenvalue weighted by Gasteiger charge is 2.16. The molecule has 7 heteroatoms. The number of hydrogen-bond acceptors (Lipinski definition) is 5. The van der Waals surface area contributed by atoms with E-state index in [4.69, 9.17) is 13.9 Å². The second kappa shape index (κ2) is 9.67. The molecule has 0 aliphatic carbocycles. The van der Waals surface area contributed by atoms with Crippen LogP contribution in [0.2, 0.25) is 0 Å². The Kier molecular flexibility index (Phi) is 6.70. The van der Waals surface area contributed by atoms with E-state index >= 15 is 0 Å². The number of aromatic nitrogens is 1. The number of ether oxygens (including phenoxy) is 2. The van der Waals surface area contributed by atoms with Gasteiger partial charge in [-0.2, -0.15) is 0 Å². The smallest absolute Gasteiger partial charge is 0.255 e. The Bertz CT molecular complexity index is 1310. The molecule has 0 aliphatic rings. The zero-order valence-corrected chi connectivity index (χ0v) is 20.5. The molecule has 0 radical (unpaired) electrons. The van der Waals surface area contributed by atoms with Gasteiger partial charge in [-0.1, -0.05) is 19.9 Å². The van der Waals surface area contributed by atoms with Crippen molar-refractivity contribution in [3.8, 4) is 23.0 Å². The van der Waals surface area contributed by atoms with Gasteiger partial charge >= 0.3 is 0 Å². The third kappa shape index (κ3) is 4.88. The van der Waals surface area contributed by atoms with Crippen LogP contribution in [-0.2, 0) is 0 Å². The lowest BCUT2D eigenvalue weighted by molar-refractivity contribution is 0.102. The number of amides is 1. The Morgan fingerprint density at radius 2 is 1.88 bits per heavy atom. The number of benzene rings is 3. The SMILES string of the molecule is CCOc1ccc(C(=O)Nc2cc(-c3nc4cc(C(C)C)ccc4o3)ccc2OC)cc1Br. The van der Waals surface area contributed by atoms with Gasteiger partial charge in [0.25, 0.3) is 5.91 Å². The number of hydrogen-bond donors (Lipinski definition) is 1. The summed E-state index contributed by atoms with van der Waals surface area (Å²) in [6.07, 6.45) is 0. The summed E-state index contributed by atoms with van der Waals surface area (Å²) in [6.45, 7) is 6.74. The van der Waals surface area contributed by atoms with Gasteiger partial charge in [0.2, 0.25) is 5.89 Å². The number of carbonyl (C=O) groups excluding carboxylic acids is 1. The molecule has 0 aliphatic heterocycles. The molecule has 0 atom stereocenters. The fraction of sp³-hybridized carbons (Fsp3) is 0.231. The van der Waals surface area contributed by atoms with E-state index in [1.807, 2.05) is 25.1 Å². The summed E-state index contributed by atoms with van der Waals surface area (Å²) in [5, 5.41) is 2.93. The van der Waals surface area contributed by atoms with Gasteiger partial charge in [0, 0.05) is 11.1 Å².